The van der Waals surface area contributed by atoms with E-state index in [9.17, 15) is 27.2 Å². The number of amides is 1. The Balaban J connectivity index is 1.54. The number of hydrogen-bond donors (Lipinski definition) is 0. The molecule has 1 aliphatic rings. The fourth-order valence-electron chi connectivity index (χ4n) is 4.70. The van der Waals surface area contributed by atoms with Gasteiger partial charge in [-0.05, 0) is 43.7 Å². The molecular weight excluding hydrogens is 466 g/mol. The molecule has 11 heteroatoms. The summed E-state index contributed by atoms with van der Waals surface area (Å²) in [5.74, 6) is -1.76. The summed E-state index contributed by atoms with van der Waals surface area (Å²) in [6.45, 7) is 3.91. The Bertz CT molecular complexity index is 1550. The first kappa shape index (κ1) is 22.9. The summed E-state index contributed by atoms with van der Waals surface area (Å²) in [5, 5.41) is 0.218. The number of benzene rings is 1. The Morgan fingerprint density at radius 1 is 1.09 bits per heavy atom. The van der Waals surface area contributed by atoms with Crippen molar-refractivity contribution in [2.75, 3.05) is 6.54 Å². The number of aryl methyl sites for hydroxylation is 2. The van der Waals surface area contributed by atoms with Gasteiger partial charge in [0.05, 0.1) is 29.1 Å². The fourth-order valence-corrected chi connectivity index (χ4v) is 4.70. The van der Waals surface area contributed by atoms with Crippen molar-refractivity contribution in [3.05, 3.63) is 81.7 Å². The zero-order valence-electron chi connectivity index (χ0n) is 19.1. The van der Waals surface area contributed by atoms with Crippen molar-refractivity contribution in [1.29, 1.82) is 0 Å². The van der Waals surface area contributed by atoms with Gasteiger partial charge < -0.3 is 18.6 Å². The minimum absolute atomic E-state index is 0.184. The molecule has 1 aliphatic heterocycles. The van der Waals surface area contributed by atoms with Crippen molar-refractivity contribution < 1.29 is 22.4 Å². The van der Waals surface area contributed by atoms with E-state index < -0.39 is 29.5 Å². The van der Waals surface area contributed by atoms with Crippen molar-refractivity contribution >= 4 is 16.8 Å². The van der Waals surface area contributed by atoms with Gasteiger partial charge in [0.2, 0.25) is 0 Å². The third kappa shape index (κ3) is 3.62. The molecule has 0 bridgehead atoms. The number of fused-ring (bicyclic) bond motifs is 2. The largest absolute Gasteiger partial charge is 0.419 e. The lowest BCUT2D eigenvalue weighted by atomic mass is 10.0. The molecule has 1 atom stereocenters. The van der Waals surface area contributed by atoms with Crippen LogP contribution in [0.25, 0.3) is 16.6 Å². The van der Waals surface area contributed by atoms with Gasteiger partial charge in [-0.3, -0.25) is 9.59 Å². The number of carbonyl (C=O) groups is 1. The SMILES string of the molecule is Cc1cn(-c2ccc3n(c2=O)CCN(C(C)c2cn(C)c4cc(F)c(C(F)(F)F)cc24)C3=O)cn1. The summed E-state index contributed by atoms with van der Waals surface area (Å²) >= 11 is 0. The number of nitrogens with zero attached hydrogens (tertiary/aromatic N) is 5. The van der Waals surface area contributed by atoms with E-state index in [2.05, 4.69) is 4.98 Å². The van der Waals surface area contributed by atoms with Gasteiger partial charge in [0.25, 0.3) is 11.5 Å². The van der Waals surface area contributed by atoms with E-state index in [4.69, 9.17) is 0 Å². The summed E-state index contributed by atoms with van der Waals surface area (Å²) < 4.78 is 58.7. The third-order valence-corrected chi connectivity index (χ3v) is 6.52. The summed E-state index contributed by atoms with van der Waals surface area (Å²) in [4.78, 5) is 32.1. The monoisotopic (exact) mass is 487 g/mol. The van der Waals surface area contributed by atoms with Gasteiger partial charge in [0.1, 0.15) is 17.2 Å². The minimum Gasteiger partial charge on any atom is -0.350 e. The van der Waals surface area contributed by atoms with Crippen molar-refractivity contribution in [3.8, 4) is 5.69 Å². The van der Waals surface area contributed by atoms with E-state index in [-0.39, 0.29) is 29.7 Å². The second-order valence-electron chi connectivity index (χ2n) is 8.70. The van der Waals surface area contributed by atoms with Crippen LogP contribution in [0, 0.1) is 12.7 Å². The number of rotatable bonds is 3. The maximum Gasteiger partial charge on any atom is 0.419 e. The molecule has 0 spiro atoms. The van der Waals surface area contributed by atoms with Crippen LogP contribution in [0.15, 0.2) is 47.8 Å². The van der Waals surface area contributed by atoms with Crippen molar-refractivity contribution in [3.63, 3.8) is 0 Å². The molecule has 4 aromatic rings. The molecule has 1 aromatic carbocycles. The third-order valence-electron chi connectivity index (χ3n) is 6.52. The number of halogens is 4. The minimum atomic E-state index is -4.85. The average Bonchev–Trinajstić information content (AvgIpc) is 3.36. The van der Waals surface area contributed by atoms with E-state index in [1.165, 1.54) is 20.4 Å². The lowest BCUT2D eigenvalue weighted by Crippen LogP contribution is -2.45. The van der Waals surface area contributed by atoms with E-state index in [1.54, 1.807) is 50.0 Å². The lowest BCUT2D eigenvalue weighted by molar-refractivity contribution is -0.139. The van der Waals surface area contributed by atoms with Crippen LogP contribution in [0.3, 0.4) is 0 Å². The van der Waals surface area contributed by atoms with Gasteiger partial charge in [0.15, 0.2) is 0 Å². The molecule has 0 saturated carbocycles. The predicted molar refractivity (Wildman–Crippen MR) is 120 cm³/mol. The van der Waals surface area contributed by atoms with Gasteiger partial charge in [-0.25, -0.2) is 9.37 Å². The lowest BCUT2D eigenvalue weighted by Gasteiger charge is -2.34. The summed E-state index contributed by atoms with van der Waals surface area (Å²) in [6, 6.07) is 4.16. The van der Waals surface area contributed by atoms with E-state index >= 15 is 0 Å². The number of alkyl halides is 3. The highest BCUT2D eigenvalue weighted by Crippen LogP contribution is 2.38. The summed E-state index contributed by atoms with van der Waals surface area (Å²) in [7, 11) is 1.61. The van der Waals surface area contributed by atoms with Crippen molar-refractivity contribution in [2.24, 2.45) is 7.05 Å². The summed E-state index contributed by atoms with van der Waals surface area (Å²) in [5.41, 5.74) is 0.355. The second kappa shape index (κ2) is 7.82. The van der Waals surface area contributed by atoms with Gasteiger partial charge >= 0.3 is 6.18 Å². The van der Waals surface area contributed by atoms with Crippen LogP contribution < -0.4 is 5.56 Å². The van der Waals surface area contributed by atoms with E-state index in [0.29, 0.717) is 16.8 Å². The standard InChI is InChI=1S/C24H21F4N5O2/c1-13-10-31(12-29-13)19-4-5-20-23(35)32(6-7-33(20)22(19)34)14(2)16-11-30(3)21-9-18(25)17(8-15(16)21)24(26,27)28/h4-5,8-12,14H,6-7H2,1-3H3. The number of imidazole rings is 1. The molecule has 3 aromatic heterocycles. The molecular formula is C24H21F4N5O2. The molecule has 182 valence electrons. The van der Waals surface area contributed by atoms with Gasteiger partial charge in [-0.1, -0.05) is 0 Å². The quantitative estimate of drug-likeness (QED) is 0.407. The van der Waals surface area contributed by atoms with Crippen LogP contribution in [0.1, 0.15) is 40.3 Å². The number of carbonyl (C=O) groups excluding carboxylic acids is 1. The number of aromatic nitrogens is 4. The predicted octanol–water partition coefficient (Wildman–Crippen LogP) is 4.21. The smallest absolute Gasteiger partial charge is 0.350 e. The first-order valence-electron chi connectivity index (χ1n) is 10.9. The Hall–Kier alpha value is -3.89. The van der Waals surface area contributed by atoms with Crippen LogP contribution >= 0.6 is 0 Å². The second-order valence-corrected chi connectivity index (χ2v) is 8.70. The highest BCUT2D eigenvalue weighted by atomic mass is 19.4. The zero-order valence-corrected chi connectivity index (χ0v) is 19.1. The van der Waals surface area contributed by atoms with E-state index in [1.807, 2.05) is 0 Å². The molecule has 4 heterocycles. The van der Waals surface area contributed by atoms with Crippen LogP contribution in [-0.4, -0.2) is 36.0 Å². The molecule has 0 N–H and O–H groups in total. The highest BCUT2D eigenvalue weighted by molar-refractivity contribution is 5.94. The number of pyridine rings is 1. The Kier molecular flexibility index (Phi) is 5.11. The summed E-state index contributed by atoms with van der Waals surface area (Å²) in [6.07, 6.45) is -0.00655. The molecule has 7 nitrogen and oxygen atoms in total. The van der Waals surface area contributed by atoms with Crippen molar-refractivity contribution in [2.45, 2.75) is 32.6 Å². The normalized spacial score (nSPS) is 15.1. The van der Waals surface area contributed by atoms with Crippen LogP contribution in [0.4, 0.5) is 17.6 Å². The number of hydrogen-bond acceptors (Lipinski definition) is 3. The maximum absolute atomic E-state index is 14.1. The highest BCUT2D eigenvalue weighted by Gasteiger charge is 2.36. The Morgan fingerprint density at radius 2 is 1.83 bits per heavy atom. The average molecular weight is 487 g/mol. The van der Waals surface area contributed by atoms with Crippen LogP contribution in [0.2, 0.25) is 0 Å². The molecule has 0 fully saturated rings. The maximum atomic E-state index is 14.1. The van der Waals surface area contributed by atoms with Gasteiger partial charge in [-0.15, -0.1) is 0 Å². The molecule has 0 aliphatic carbocycles. The molecule has 1 unspecified atom stereocenters. The first-order chi connectivity index (χ1) is 16.5. The molecule has 1 amide bonds. The molecule has 0 saturated heterocycles. The van der Waals surface area contributed by atoms with Crippen LogP contribution in [0.5, 0.6) is 0 Å². The molecule has 5 rings (SSSR count). The fraction of sp³-hybridized carbons (Fsp3) is 0.292. The molecule has 0 radical (unpaired) electrons. The zero-order chi connectivity index (χ0) is 25.2. The Morgan fingerprint density at radius 3 is 2.49 bits per heavy atom. The first-order valence-corrected chi connectivity index (χ1v) is 10.9. The molecule has 35 heavy (non-hydrogen) atoms. The van der Waals surface area contributed by atoms with Gasteiger partial charge in [-0.2, -0.15) is 13.2 Å². The topological polar surface area (TPSA) is 65.1 Å². The Labute approximate surface area is 196 Å². The van der Waals surface area contributed by atoms with Crippen LogP contribution in [-0.2, 0) is 19.8 Å². The van der Waals surface area contributed by atoms with Crippen molar-refractivity contribution in [1.82, 2.24) is 23.6 Å². The van der Waals surface area contributed by atoms with Gasteiger partial charge in [0, 0.05) is 37.9 Å². The van der Waals surface area contributed by atoms with E-state index in [0.717, 1.165) is 17.8 Å².